The molecule has 33 heavy (non-hydrogen) atoms. The molecule has 1 aromatic carbocycles. The molecule has 1 unspecified atom stereocenters. The number of hydrogen-bond acceptors (Lipinski definition) is 8. The van der Waals surface area contributed by atoms with Gasteiger partial charge in [-0.1, -0.05) is 31.8 Å². The number of esters is 1. The molecule has 2 rings (SSSR count). The lowest BCUT2D eigenvalue weighted by Gasteiger charge is -2.18. The van der Waals surface area contributed by atoms with Gasteiger partial charge in [-0.05, 0) is 37.9 Å². The molecule has 2 atom stereocenters. The van der Waals surface area contributed by atoms with E-state index in [4.69, 9.17) is 28.4 Å². The molecule has 1 aliphatic heterocycles. The van der Waals surface area contributed by atoms with Crippen molar-refractivity contribution in [3.8, 4) is 11.5 Å². The van der Waals surface area contributed by atoms with E-state index in [0.29, 0.717) is 35.7 Å². The quantitative estimate of drug-likeness (QED) is 0.271. The third-order valence-electron chi connectivity index (χ3n) is 5.09. The van der Waals surface area contributed by atoms with Crippen LogP contribution in [-0.4, -0.2) is 71.4 Å². The van der Waals surface area contributed by atoms with Gasteiger partial charge in [-0.3, -0.25) is 0 Å². The summed E-state index contributed by atoms with van der Waals surface area (Å²) in [4.78, 5) is 13.1. The fraction of sp³-hybridized carbons (Fsp3) is 0.625. The van der Waals surface area contributed by atoms with Crippen LogP contribution in [0.3, 0.4) is 0 Å². The van der Waals surface area contributed by atoms with E-state index in [0.717, 1.165) is 6.04 Å². The van der Waals surface area contributed by atoms with Crippen LogP contribution in [0.1, 0.15) is 36.2 Å². The molecule has 1 saturated heterocycles. The highest BCUT2D eigenvalue weighted by molar-refractivity contribution is 6.76. The van der Waals surface area contributed by atoms with E-state index >= 15 is 0 Å². The molecule has 0 saturated carbocycles. The van der Waals surface area contributed by atoms with E-state index in [1.54, 1.807) is 25.3 Å². The smallest absolute Gasteiger partial charge is 0.342 e. The molecule has 0 amide bonds. The molecule has 1 fully saturated rings. The van der Waals surface area contributed by atoms with Crippen molar-refractivity contribution >= 4 is 20.1 Å². The Bertz CT molecular complexity index is 815. The van der Waals surface area contributed by atoms with Gasteiger partial charge in [0.15, 0.2) is 12.6 Å². The summed E-state index contributed by atoms with van der Waals surface area (Å²) in [5, 5.41) is 9.60. The maximum atomic E-state index is 13.1. The Morgan fingerprint density at radius 2 is 1.88 bits per heavy atom. The zero-order valence-corrected chi connectivity index (χ0v) is 21.8. The predicted molar refractivity (Wildman–Crippen MR) is 128 cm³/mol. The average molecular weight is 483 g/mol. The molecule has 0 aliphatic carbocycles. The summed E-state index contributed by atoms with van der Waals surface area (Å²) in [6.45, 7) is 10.5. The molecule has 1 aromatic rings. The fourth-order valence-corrected chi connectivity index (χ4v) is 4.14. The van der Waals surface area contributed by atoms with Crippen molar-refractivity contribution in [1.82, 2.24) is 0 Å². The summed E-state index contributed by atoms with van der Waals surface area (Å²) >= 11 is 0. The van der Waals surface area contributed by atoms with Crippen LogP contribution in [0, 0.1) is 0 Å². The zero-order chi connectivity index (χ0) is 24.6. The fourth-order valence-electron chi connectivity index (χ4n) is 3.43. The van der Waals surface area contributed by atoms with Gasteiger partial charge in [-0.15, -0.1) is 0 Å². The van der Waals surface area contributed by atoms with Crippen molar-refractivity contribution in [3.05, 3.63) is 29.3 Å². The molecule has 1 aliphatic rings. The lowest BCUT2D eigenvalue weighted by molar-refractivity contribution is -0.148. The van der Waals surface area contributed by atoms with E-state index < -0.39 is 25.9 Å². The Labute approximate surface area is 197 Å². The maximum Gasteiger partial charge on any atom is 0.342 e. The Hall–Kier alpha value is -1.91. The first kappa shape index (κ1) is 27.3. The minimum atomic E-state index is -1.35. The van der Waals surface area contributed by atoms with E-state index in [2.05, 4.69) is 19.6 Å². The van der Waals surface area contributed by atoms with Crippen LogP contribution in [0.15, 0.2) is 18.2 Å². The third kappa shape index (κ3) is 8.42. The standard InChI is InChI=1S/C24H38O8Si/c1-24(2)31-19(21(15-25)32-24)10-8-9-17-13-18(28-4)14-20(30-16-27-3)22(17)23(26)29-11-12-33(5,6)7/h8-9,13-14,19,21,25H,10-12,15-16H2,1-7H3/b9-8+/t19-,21?/m0/s1. The number of rotatable bonds is 12. The van der Waals surface area contributed by atoms with Gasteiger partial charge in [-0.2, -0.15) is 0 Å². The van der Waals surface area contributed by atoms with Gasteiger partial charge >= 0.3 is 5.97 Å². The van der Waals surface area contributed by atoms with Crippen LogP contribution in [0.4, 0.5) is 0 Å². The molecular formula is C24H38O8Si. The number of ether oxygens (including phenoxy) is 6. The van der Waals surface area contributed by atoms with E-state index in [1.165, 1.54) is 7.11 Å². The summed E-state index contributed by atoms with van der Waals surface area (Å²) < 4.78 is 33.3. The lowest BCUT2D eigenvalue weighted by Crippen LogP contribution is -2.25. The molecule has 0 radical (unpaired) electrons. The first-order valence-corrected chi connectivity index (χ1v) is 14.8. The molecule has 1 N–H and O–H groups in total. The van der Waals surface area contributed by atoms with Crippen molar-refractivity contribution < 1.29 is 38.3 Å². The van der Waals surface area contributed by atoms with Crippen molar-refractivity contribution in [1.29, 1.82) is 0 Å². The van der Waals surface area contributed by atoms with Crippen LogP contribution in [0.5, 0.6) is 11.5 Å². The van der Waals surface area contributed by atoms with Crippen molar-refractivity contribution in [2.45, 2.75) is 63.9 Å². The molecule has 8 nitrogen and oxygen atoms in total. The van der Waals surface area contributed by atoms with Gasteiger partial charge < -0.3 is 33.5 Å². The molecule has 0 bridgehead atoms. The SMILES string of the molecule is COCOc1cc(OC)cc(/C=C/C[C@@H]2OC(C)(C)OC2CO)c1C(=O)OCC[Si](C)(C)C. The van der Waals surface area contributed by atoms with Crippen LogP contribution >= 0.6 is 0 Å². The third-order valence-corrected chi connectivity index (χ3v) is 6.80. The minimum absolute atomic E-state index is 0.0218. The summed E-state index contributed by atoms with van der Waals surface area (Å²) in [7, 11) is 1.70. The Kier molecular flexibility index (Phi) is 9.93. The monoisotopic (exact) mass is 482 g/mol. The zero-order valence-electron chi connectivity index (χ0n) is 20.8. The normalized spacial score (nSPS) is 20.2. The Balaban J connectivity index is 2.30. The summed E-state index contributed by atoms with van der Waals surface area (Å²) in [6, 6.07) is 4.26. The van der Waals surface area contributed by atoms with Gasteiger partial charge in [0.05, 0.1) is 26.4 Å². The van der Waals surface area contributed by atoms with E-state index in [1.807, 2.05) is 19.9 Å². The molecule has 9 heteroatoms. The van der Waals surface area contributed by atoms with Crippen molar-refractivity contribution in [3.63, 3.8) is 0 Å². The second kappa shape index (κ2) is 12.0. The van der Waals surface area contributed by atoms with Crippen LogP contribution in [0.2, 0.25) is 25.7 Å². The summed E-state index contributed by atoms with van der Waals surface area (Å²) in [6.07, 6.45) is 3.46. The Morgan fingerprint density at radius 3 is 2.48 bits per heavy atom. The summed E-state index contributed by atoms with van der Waals surface area (Å²) in [5.74, 6) is -0.358. The second-order valence-electron chi connectivity index (χ2n) is 9.62. The first-order valence-electron chi connectivity index (χ1n) is 11.1. The van der Waals surface area contributed by atoms with Gasteiger partial charge in [0.25, 0.3) is 0 Å². The lowest BCUT2D eigenvalue weighted by atomic mass is 10.0. The molecule has 1 heterocycles. The number of aliphatic hydroxyl groups excluding tert-OH is 1. The maximum absolute atomic E-state index is 13.1. The van der Waals surface area contributed by atoms with Gasteiger partial charge in [-0.25, -0.2) is 4.79 Å². The summed E-state index contributed by atoms with van der Waals surface area (Å²) in [5.41, 5.74) is 0.902. The highest BCUT2D eigenvalue weighted by atomic mass is 28.3. The van der Waals surface area contributed by atoms with Crippen LogP contribution < -0.4 is 9.47 Å². The minimum Gasteiger partial charge on any atom is -0.497 e. The van der Waals surface area contributed by atoms with Crippen molar-refractivity contribution in [2.75, 3.05) is 34.2 Å². The number of carbonyl (C=O) groups is 1. The average Bonchev–Trinajstić information content (AvgIpc) is 3.04. The first-order chi connectivity index (χ1) is 15.5. The number of methoxy groups -OCH3 is 2. The highest BCUT2D eigenvalue weighted by Gasteiger charge is 2.40. The van der Waals surface area contributed by atoms with Gasteiger partial charge in [0.1, 0.15) is 23.2 Å². The topological polar surface area (TPSA) is 92.7 Å². The van der Waals surface area contributed by atoms with E-state index in [9.17, 15) is 9.90 Å². The second-order valence-corrected chi connectivity index (χ2v) is 15.2. The molecule has 186 valence electrons. The van der Waals surface area contributed by atoms with Crippen LogP contribution in [-0.2, 0) is 18.9 Å². The van der Waals surface area contributed by atoms with Gasteiger partial charge in [0.2, 0.25) is 0 Å². The predicted octanol–water partition coefficient (Wildman–Crippen LogP) is 4.09. The Morgan fingerprint density at radius 1 is 1.18 bits per heavy atom. The van der Waals surface area contributed by atoms with E-state index in [-0.39, 0.29) is 19.5 Å². The molecular weight excluding hydrogens is 444 g/mol. The largest absolute Gasteiger partial charge is 0.497 e. The number of benzene rings is 1. The van der Waals surface area contributed by atoms with Crippen molar-refractivity contribution in [2.24, 2.45) is 0 Å². The highest BCUT2D eigenvalue weighted by Crippen LogP contribution is 2.33. The number of hydrogen-bond donors (Lipinski definition) is 1. The number of aliphatic hydroxyl groups is 1. The van der Waals surface area contributed by atoms with Gasteiger partial charge in [0, 0.05) is 21.3 Å². The van der Waals surface area contributed by atoms with Crippen LogP contribution in [0.25, 0.3) is 6.08 Å². The number of carbonyl (C=O) groups excluding carboxylic acids is 1. The molecule has 0 aromatic heterocycles. The molecule has 0 spiro atoms.